The van der Waals surface area contributed by atoms with Crippen molar-refractivity contribution in [3.63, 3.8) is 0 Å². The summed E-state index contributed by atoms with van der Waals surface area (Å²) in [7, 11) is 0. The van der Waals surface area contributed by atoms with Crippen LogP contribution >= 0.6 is 0 Å². The van der Waals surface area contributed by atoms with E-state index in [0.717, 1.165) is 17.7 Å². The van der Waals surface area contributed by atoms with Gasteiger partial charge in [-0.25, -0.2) is 0 Å². The van der Waals surface area contributed by atoms with Crippen LogP contribution in [0.2, 0.25) is 0 Å². The molecule has 1 aliphatic heterocycles. The molecule has 0 saturated carbocycles. The molecule has 1 fully saturated rings. The summed E-state index contributed by atoms with van der Waals surface area (Å²) in [6, 6.07) is 20.2. The van der Waals surface area contributed by atoms with Crippen molar-refractivity contribution >= 4 is 0 Å². The van der Waals surface area contributed by atoms with Crippen molar-refractivity contribution in [2.45, 2.75) is 25.7 Å². The van der Waals surface area contributed by atoms with Gasteiger partial charge in [0.25, 0.3) is 0 Å². The Morgan fingerprint density at radius 1 is 0.917 bits per heavy atom. The first-order valence-corrected chi connectivity index (χ1v) is 8.53. The summed E-state index contributed by atoms with van der Waals surface area (Å²) < 4.78 is 5.80. The summed E-state index contributed by atoms with van der Waals surface area (Å²) in [5.74, 6) is 0.0817. The number of hydrogen-bond donors (Lipinski definition) is 1. The van der Waals surface area contributed by atoms with E-state index < -0.39 is 0 Å². The van der Waals surface area contributed by atoms with E-state index in [-0.39, 0.29) is 12.0 Å². The molecule has 0 aromatic heterocycles. The van der Waals surface area contributed by atoms with Crippen molar-refractivity contribution in [1.29, 1.82) is 0 Å². The van der Waals surface area contributed by atoms with Crippen LogP contribution in [0, 0.1) is 5.92 Å². The number of aliphatic hydroxyl groups excluding tert-OH is 1. The van der Waals surface area contributed by atoms with Gasteiger partial charge in [0, 0.05) is 19.0 Å². The van der Waals surface area contributed by atoms with E-state index in [4.69, 9.17) is 9.57 Å². The van der Waals surface area contributed by atoms with Crippen LogP contribution in [0.1, 0.15) is 17.5 Å². The zero-order valence-corrected chi connectivity index (χ0v) is 13.9. The number of piperidine rings is 1. The predicted octanol–water partition coefficient (Wildman–Crippen LogP) is 3.02. The highest BCUT2D eigenvalue weighted by atomic mass is 16.7. The Morgan fingerprint density at radius 2 is 1.54 bits per heavy atom. The molecule has 0 spiro atoms. The normalized spacial score (nSPS) is 21.7. The fourth-order valence-corrected chi connectivity index (χ4v) is 2.91. The molecule has 0 unspecified atom stereocenters. The van der Waals surface area contributed by atoms with Crippen molar-refractivity contribution < 1.29 is 14.7 Å². The summed E-state index contributed by atoms with van der Waals surface area (Å²) in [6.07, 6.45) is 0.395. The lowest BCUT2D eigenvalue weighted by Crippen LogP contribution is -2.44. The van der Waals surface area contributed by atoms with Gasteiger partial charge >= 0.3 is 0 Å². The monoisotopic (exact) mass is 327 g/mol. The van der Waals surface area contributed by atoms with Gasteiger partial charge in [-0.3, -0.25) is 4.84 Å². The summed E-state index contributed by atoms with van der Waals surface area (Å²) in [6.45, 7) is 3.14. The smallest absolute Gasteiger partial charge is 0.0935 e. The van der Waals surface area contributed by atoms with Crippen molar-refractivity contribution in [2.75, 3.05) is 19.7 Å². The Kier molecular flexibility index (Phi) is 6.38. The zero-order valence-electron chi connectivity index (χ0n) is 13.9. The van der Waals surface area contributed by atoms with E-state index >= 15 is 0 Å². The van der Waals surface area contributed by atoms with Crippen LogP contribution in [0.3, 0.4) is 0 Å². The lowest BCUT2D eigenvalue weighted by atomic mass is 9.97. The van der Waals surface area contributed by atoms with E-state index in [9.17, 15) is 5.11 Å². The van der Waals surface area contributed by atoms with Crippen molar-refractivity contribution in [3.8, 4) is 0 Å². The molecule has 0 amide bonds. The molecule has 4 nitrogen and oxygen atoms in total. The molecule has 3 rings (SSSR count). The topological polar surface area (TPSA) is 41.9 Å². The maximum atomic E-state index is 10.2. The number of ether oxygens (including phenoxy) is 1. The molecule has 1 N–H and O–H groups in total. The first-order chi connectivity index (χ1) is 11.8. The zero-order chi connectivity index (χ0) is 16.6. The predicted molar refractivity (Wildman–Crippen MR) is 93.0 cm³/mol. The molecule has 0 aliphatic carbocycles. The third-order valence-corrected chi connectivity index (χ3v) is 4.36. The number of hydrogen-bond acceptors (Lipinski definition) is 4. The van der Waals surface area contributed by atoms with Crippen molar-refractivity contribution in [1.82, 2.24) is 5.06 Å². The Hall–Kier alpha value is -1.72. The van der Waals surface area contributed by atoms with Gasteiger partial charge in [-0.15, -0.1) is 0 Å². The van der Waals surface area contributed by atoms with Crippen LogP contribution in [0.15, 0.2) is 60.7 Å². The number of rotatable bonds is 7. The van der Waals surface area contributed by atoms with Gasteiger partial charge in [0.15, 0.2) is 0 Å². The summed E-state index contributed by atoms with van der Waals surface area (Å²) in [5, 5.41) is 12.2. The fourth-order valence-electron chi connectivity index (χ4n) is 2.91. The molecule has 1 aliphatic rings. The molecule has 128 valence electrons. The molecule has 2 aromatic carbocycles. The Labute approximate surface area is 143 Å². The van der Waals surface area contributed by atoms with Gasteiger partial charge in [-0.1, -0.05) is 60.7 Å². The van der Waals surface area contributed by atoms with Crippen LogP contribution in [0.5, 0.6) is 0 Å². The highest BCUT2D eigenvalue weighted by Gasteiger charge is 2.28. The summed E-state index contributed by atoms with van der Waals surface area (Å²) in [4.78, 5) is 5.88. The van der Waals surface area contributed by atoms with Gasteiger partial charge in [0.2, 0.25) is 0 Å². The van der Waals surface area contributed by atoms with Crippen LogP contribution in [-0.4, -0.2) is 36.0 Å². The number of aliphatic hydroxyl groups is 1. The second-order valence-corrected chi connectivity index (χ2v) is 6.26. The minimum Gasteiger partial charge on any atom is -0.393 e. The van der Waals surface area contributed by atoms with E-state index in [1.165, 1.54) is 0 Å². The van der Waals surface area contributed by atoms with Gasteiger partial charge in [0.05, 0.1) is 25.9 Å². The van der Waals surface area contributed by atoms with E-state index in [0.29, 0.717) is 32.8 Å². The Bertz CT molecular complexity index is 590. The molecule has 4 heteroatoms. The first kappa shape index (κ1) is 17.1. The van der Waals surface area contributed by atoms with Crippen molar-refractivity contribution in [3.05, 3.63) is 71.8 Å². The maximum absolute atomic E-state index is 10.2. The fraction of sp³-hybridized carbons (Fsp3) is 0.400. The molecule has 2 atom stereocenters. The van der Waals surface area contributed by atoms with E-state index in [1.807, 2.05) is 53.6 Å². The summed E-state index contributed by atoms with van der Waals surface area (Å²) in [5.41, 5.74) is 2.31. The standard InChI is InChI=1S/C20H25NO3/c22-20-11-12-21(24-15-18-9-5-2-6-10-18)13-19(20)16-23-14-17-7-3-1-4-8-17/h1-10,19-20,22H,11-16H2/t19-,20+/m1/s1. The SMILES string of the molecule is O[C@H]1CCN(OCc2ccccc2)C[C@@H]1COCc1ccccc1. The second-order valence-electron chi connectivity index (χ2n) is 6.26. The van der Waals surface area contributed by atoms with E-state index in [2.05, 4.69) is 12.1 Å². The number of benzene rings is 2. The minimum absolute atomic E-state index is 0.0817. The van der Waals surface area contributed by atoms with Gasteiger partial charge in [-0.2, -0.15) is 5.06 Å². The third kappa shape index (κ3) is 5.14. The van der Waals surface area contributed by atoms with Crippen molar-refractivity contribution in [2.24, 2.45) is 5.92 Å². The Morgan fingerprint density at radius 3 is 2.21 bits per heavy atom. The highest BCUT2D eigenvalue weighted by Crippen LogP contribution is 2.19. The number of hydroxylamine groups is 2. The van der Waals surface area contributed by atoms with Crippen LogP contribution in [-0.2, 0) is 22.8 Å². The molecular weight excluding hydrogens is 302 g/mol. The summed E-state index contributed by atoms with van der Waals surface area (Å²) >= 11 is 0. The quantitative estimate of drug-likeness (QED) is 0.849. The second kappa shape index (κ2) is 8.94. The first-order valence-electron chi connectivity index (χ1n) is 8.53. The van der Waals surface area contributed by atoms with Crippen LogP contribution in [0.25, 0.3) is 0 Å². The van der Waals surface area contributed by atoms with Gasteiger partial charge in [-0.05, 0) is 17.5 Å². The Balaban J connectivity index is 1.43. The van der Waals surface area contributed by atoms with Crippen LogP contribution in [0.4, 0.5) is 0 Å². The van der Waals surface area contributed by atoms with Gasteiger partial charge < -0.3 is 9.84 Å². The molecule has 24 heavy (non-hydrogen) atoms. The molecule has 1 heterocycles. The molecule has 0 radical (unpaired) electrons. The average molecular weight is 327 g/mol. The molecule has 0 bridgehead atoms. The molecular formula is C20H25NO3. The third-order valence-electron chi connectivity index (χ3n) is 4.36. The van der Waals surface area contributed by atoms with Crippen LogP contribution < -0.4 is 0 Å². The van der Waals surface area contributed by atoms with E-state index in [1.54, 1.807) is 0 Å². The lowest BCUT2D eigenvalue weighted by molar-refractivity contribution is -0.207. The van der Waals surface area contributed by atoms with Gasteiger partial charge in [0.1, 0.15) is 0 Å². The highest BCUT2D eigenvalue weighted by molar-refractivity contribution is 5.14. The molecule has 2 aromatic rings. The largest absolute Gasteiger partial charge is 0.393 e. The number of nitrogens with zero attached hydrogens (tertiary/aromatic N) is 1. The lowest BCUT2D eigenvalue weighted by Gasteiger charge is -2.35. The minimum atomic E-state index is -0.322. The maximum Gasteiger partial charge on any atom is 0.0935 e. The molecule has 1 saturated heterocycles. The average Bonchev–Trinajstić information content (AvgIpc) is 2.64.